The van der Waals surface area contributed by atoms with Crippen LogP contribution in [-0.4, -0.2) is 28.5 Å². The molecule has 5 nitrogen and oxygen atoms in total. The fourth-order valence-corrected chi connectivity index (χ4v) is 2.43. The van der Waals surface area contributed by atoms with Crippen molar-refractivity contribution in [3.05, 3.63) is 35.7 Å². The first kappa shape index (κ1) is 15.2. The van der Waals surface area contributed by atoms with Crippen molar-refractivity contribution in [3.8, 4) is 0 Å². The van der Waals surface area contributed by atoms with Gasteiger partial charge in [0, 0.05) is 25.0 Å². The highest BCUT2D eigenvalue weighted by atomic mass is 16.4. The summed E-state index contributed by atoms with van der Waals surface area (Å²) < 4.78 is 0. The number of carbonyl (C=O) groups is 2. The van der Waals surface area contributed by atoms with E-state index < -0.39 is 5.97 Å². The Labute approximate surface area is 124 Å². The van der Waals surface area contributed by atoms with Crippen LogP contribution < -0.4 is 5.32 Å². The number of amides is 1. The maximum atomic E-state index is 12.1. The van der Waals surface area contributed by atoms with Crippen LogP contribution >= 0.6 is 0 Å². The summed E-state index contributed by atoms with van der Waals surface area (Å²) in [5, 5.41) is 11.6. The summed E-state index contributed by atoms with van der Waals surface area (Å²) >= 11 is 0. The molecule has 0 aromatic carbocycles. The van der Waals surface area contributed by atoms with Crippen molar-refractivity contribution in [1.29, 1.82) is 0 Å². The highest BCUT2D eigenvalue weighted by molar-refractivity contribution is 5.94. The zero-order valence-electron chi connectivity index (χ0n) is 12.1. The van der Waals surface area contributed by atoms with Gasteiger partial charge in [0.1, 0.15) is 0 Å². The van der Waals surface area contributed by atoms with Crippen molar-refractivity contribution >= 4 is 18.0 Å². The predicted octanol–water partition coefficient (Wildman–Crippen LogP) is 2.49. The van der Waals surface area contributed by atoms with Gasteiger partial charge < -0.3 is 10.4 Å². The third kappa shape index (κ3) is 4.41. The summed E-state index contributed by atoms with van der Waals surface area (Å²) in [5.74, 6) is -1.18. The van der Waals surface area contributed by atoms with E-state index in [4.69, 9.17) is 5.11 Å². The Morgan fingerprint density at radius 3 is 2.81 bits per heavy atom. The van der Waals surface area contributed by atoms with Crippen LogP contribution in [0.4, 0.5) is 0 Å². The number of hydrogen-bond acceptors (Lipinski definition) is 3. The number of carboxylic acids is 1. The molecule has 0 spiro atoms. The highest BCUT2D eigenvalue weighted by Crippen LogP contribution is 2.48. The number of pyridine rings is 1. The minimum absolute atomic E-state index is 0.157. The Kier molecular flexibility index (Phi) is 4.73. The first-order valence-corrected chi connectivity index (χ1v) is 7.19. The maximum absolute atomic E-state index is 12.1. The highest BCUT2D eigenvalue weighted by Gasteiger charge is 2.41. The van der Waals surface area contributed by atoms with Crippen LogP contribution in [0.2, 0.25) is 0 Å². The van der Waals surface area contributed by atoms with Gasteiger partial charge in [0.05, 0.1) is 5.56 Å². The van der Waals surface area contributed by atoms with Crippen LogP contribution in [-0.2, 0) is 4.79 Å². The lowest BCUT2D eigenvalue weighted by molar-refractivity contribution is -0.131. The van der Waals surface area contributed by atoms with Gasteiger partial charge in [0.2, 0.25) is 0 Å². The molecule has 0 radical (unpaired) electrons. The smallest absolute Gasteiger partial charge is 0.328 e. The van der Waals surface area contributed by atoms with Crippen LogP contribution in [0.3, 0.4) is 0 Å². The molecule has 21 heavy (non-hydrogen) atoms. The van der Waals surface area contributed by atoms with Gasteiger partial charge in [-0.15, -0.1) is 0 Å². The lowest BCUT2D eigenvalue weighted by Gasteiger charge is -2.14. The molecule has 0 aliphatic heterocycles. The minimum Gasteiger partial charge on any atom is -0.478 e. The van der Waals surface area contributed by atoms with E-state index >= 15 is 0 Å². The van der Waals surface area contributed by atoms with E-state index in [9.17, 15) is 9.59 Å². The molecule has 1 amide bonds. The van der Waals surface area contributed by atoms with Crippen LogP contribution in [0.25, 0.3) is 6.08 Å². The van der Waals surface area contributed by atoms with Gasteiger partial charge in [-0.05, 0) is 42.4 Å². The van der Waals surface area contributed by atoms with E-state index in [1.807, 2.05) is 0 Å². The molecular formula is C16H20N2O3. The number of nitrogens with one attached hydrogen (secondary N) is 1. The molecular weight excluding hydrogens is 268 g/mol. The zero-order valence-corrected chi connectivity index (χ0v) is 12.1. The molecule has 1 saturated carbocycles. The first-order chi connectivity index (χ1) is 10.0. The lowest BCUT2D eigenvalue weighted by atomic mass is 10.0. The van der Waals surface area contributed by atoms with Gasteiger partial charge in [-0.25, -0.2) is 4.79 Å². The molecule has 1 aliphatic rings. The Bertz CT molecular complexity index is 562. The summed E-state index contributed by atoms with van der Waals surface area (Å²) in [6.07, 6.45) is 10.1. The Morgan fingerprint density at radius 2 is 2.19 bits per heavy atom. The fourth-order valence-electron chi connectivity index (χ4n) is 2.43. The Balaban J connectivity index is 1.96. The molecule has 1 fully saturated rings. The molecule has 2 N–H and O–H groups in total. The van der Waals surface area contributed by atoms with Crippen LogP contribution in [0.15, 0.2) is 24.5 Å². The summed E-state index contributed by atoms with van der Waals surface area (Å²) in [5.41, 5.74) is 1.35. The Morgan fingerprint density at radius 1 is 1.43 bits per heavy atom. The average molecular weight is 288 g/mol. The van der Waals surface area contributed by atoms with Crippen molar-refractivity contribution < 1.29 is 14.7 Å². The second-order valence-corrected chi connectivity index (χ2v) is 5.61. The van der Waals surface area contributed by atoms with Crippen molar-refractivity contribution in [1.82, 2.24) is 10.3 Å². The quantitative estimate of drug-likeness (QED) is 0.755. The fraction of sp³-hybridized carbons (Fsp3) is 0.438. The number of rotatable bonds is 7. The van der Waals surface area contributed by atoms with Gasteiger partial charge in [-0.1, -0.05) is 13.3 Å². The number of aromatic nitrogens is 1. The van der Waals surface area contributed by atoms with Crippen molar-refractivity contribution in [2.75, 3.05) is 6.54 Å². The summed E-state index contributed by atoms with van der Waals surface area (Å²) in [6.45, 7) is 2.86. The van der Waals surface area contributed by atoms with Crippen molar-refractivity contribution in [3.63, 3.8) is 0 Å². The van der Waals surface area contributed by atoms with E-state index in [1.165, 1.54) is 31.3 Å². The molecule has 1 aromatic heterocycles. The number of carboxylic acid groups (broad SMARTS) is 1. The van der Waals surface area contributed by atoms with Gasteiger partial charge in [0.15, 0.2) is 0 Å². The van der Waals surface area contributed by atoms with Gasteiger partial charge in [0.25, 0.3) is 5.91 Å². The lowest BCUT2D eigenvalue weighted by Crippen LogP contribution is -2.30. The predicted molar refractivity (Wildman–Crippen MR) is 79.8 cm³/mol. The molecule has 112 valence electrons. The van der Waals surface area contributed by atoms with Crippen LogP contribution in [0, 0.1) is 5.41 Å². The molecule has 0 bridgehead atoms. The maximum Gasteiger partial charge on any atom is 0.328 e. The minimum atomic E-state index is -1.03. The second kappa shape index (κ2) is 6.52. The van der Waals surface area contributed by atoms with E-state index in [2.05, 4.69) is 17.2 Å². The molecule has 1 aliphatic carbocycles. The van der Waals surface area contributed by atoms with E-state index in [0.717, 1.165) is 18.9 Å². The van der Waals surface area contributed by atoms with Crippen LogP contribution in [0.1, 0.15) is 48.5 Å². The summed E-state index contributed by atoms with van der Waals surface area (Å²) in [4.78, 5) is 26.6. The topological polar surface area (TPSA) is 79.3 Å². The van der Waals surface area contributed by atoms with Gasteiger partial charge in [-0.2, -0.15) is 0 Å². The molecule has 5 heteroatoms. The molecule has 1 heterocycles. The van der Waals surface area contributed by atoms with E-state index in [-0.39, 0.29) is 5.91 Å². The molecule has 2 rings (SSSR count). The third-order valence-electron chi connectivity index (χ3n) is 3.80. The monoisotopic (exact) mass is 288 g/mol. The number of aliphatic carboxylic acids is 1. The average Bonchev–Trinajstić information content (AvgIpc) is 3.23. The third-order valence-corrected chi connectivity index (χ3v) is 3.80. The largest absolute Gasteiger partial charge is 0.478 e. The van der Waals surface area contributed by atoms with Crippen molar-refractivity contribution in [2.45, 2.75) is 32.6 Å². The zero-order chi connectivity index (χ0) is 15.3. The van der Waals surface area contributed by atoms with Gasteiger partial charge in [-0.3, -0.25) is 9.78 Å². The second-order valence-electron chi connectivity index (χ2n) is 5.61. The van der Waals surface area contributed by atoms with Crippen LogP contribution in [0.5, 0.6) is 0 Å². The SMILES string of the molecule is CCCC1(CNC(=O)c2cncc(/C=C/C(=O)O)c2)CC1. The molecule has 0 unspecified atom stereocenters. The molecule has 1 aromatic rings. The number of carbonyl (C=O) groups excluding carboxylic acids is 1. The number of hydrogen-bond donors (Lipinski definition) is 2. The van der Waals surface area contributed by atoms with Gasteiger partial charge >= 0.3 is 5.97 Å². The number of nitrogens with zero attached hydrogens (tertiary/aromatic N) is 1. The standard InChI is InChI=1S/C16H20N2O3/c1-2-5-16(6-7-16)11-18-15(21)13-8-12(9-17-10-13)3-4-14(19)20/h3-4,8-10H,2,5-7,11H2,1H3,(H,18,21)(H,19,20)/b4-3+. The Hall–Kier alpha value is -2.17. The first-order valence-electron chi connectivity index (χ1n) is 7.19. The summed E-state index contributed by atoms with van der Waals surface area (Å²) in [7, 11) is 0. The summed E-state index contributed by atoms with van der Waals surface area (Å²) in [6, 6.07) is 1.64. The van der Waals surface area contributed by atoms with E-state index in [0.29, 0.717) is 23.1 Å². The van der Waals surface area contributed by atoms with Crippen molar-refractivity contribution in [2.24, 2.45) is 5.41 Å². The molecule has 0 atom stereocenters. The normalized spacial score (nSPS) is 15.9. The molecule has 0 saturated heterocycles. The van der Waals surface area contributed by atoms with E-state index in [1.54, 1.807) is 6.07 Å².